The summed E-state index contributed by atoms with van der Waals surface area (Å²) in [5.74, 6) is 0.608. The topological polar surface area (TPSA) is 18.5 Å². The zero-order chi connectivity index (χ0) is 9.84. The first-order valence-electron chi connectivity index (χ1n) is 5.02. The molecule has 0 aromatic carbocycles. The van der Waals surface area contributed by atoms with Crippen molar-refractivity contribution in [3.63, 3.8) is 0 Å². The lowest BCUT2D eigenvalue weighted by Crippen LogP contribution is -2.51. The fourth-order valence-electron chi connectivity index (χ4n) is 1.41. The number of halogens is 1. The van der Waals surface area contributed by atoms with Gasteiger partial charge in [-0.1, -0.05) is 29.8 Å². The summed E-state index contributed by atoms with van der Waals surface area (Å²) in [7, 11) is 0. The van der Waals surface area contributed by atoms with E-state index in [1.54, 1.807) is 0 Å². The van der Waals surface area contributed by atoms with E-state index < -0.39 is 0 Å². The van der Waals surface area contributed by atoms with Gasteiger partial charge in [0.25, 0.3) is 0 Å². The molecule has 3 atom stereocenters. The minimum Gasteiger partial charge on any atom is -0.375 e. The van der Waals surface area contributed by atoms with Gasteiger partial charge in [-0.05, 0) is 19.3 Å². The van der Waals surface area contributed by atoms with Gasteiger partial charge < -0.3 is 9.47 Å². The third-order valence-corrected chi connectivity index (χ3v) is 3.08. The number of hydrogen-bond donors (Lipinski definition) is 0. The van der Waals surface area contributed by atoms with Crippen molar-refractivity contribution in [3.8, 4) is 0 Å². The van der Waals surface area contributed by atoms with E-state index in [2.05, 4.69) is 29.8 Å². The van der Waals surface area contributed by atoms with E-state index in [1.165, 1.54) is 0 Å². The molecule has 13 heavy (non-hydrogen) atoms. The smallest absolute Gasteiger partial charge is 0.0962 e. The molecule has 0 aliphatic heterocycles. The predicted molar refractivity (Wildman–Crippen MR) is 57.3 cm³/mol. The third kappa shape index (κ3) is 3.22. The Labute approximate surface area is 89.1 Å². The minimum atomic E-state index is 0.267. The Morgan fingerprint density at radius 2 is 2.08 bits per heavy atom. The monoisotopic (exact) mass is 250 g/mol. The number of hydrogen-bond acceptors (Lipinski definition) is 2. The van der Waals surface area contributed by atoms with Crippen LogP contribution in [0.5, 0.6) is 0 Å². The fourth-order valence-corrected chi connectivity index (χ4v) is 2.27. The Balaban J connectivity index is 2.20. The lowest BCUT2D eigenvalue weighted by atomic mass is 9.91. The molecule has 0 saturated heterocycles. The third-order valence-electron chi connectivity index (χ3n) is 2.18. The molecular weight excluding hydrogens is 232 g/mol. The van der Waals surface area contributed by atoms with Gasteiger partial charge >= 0.3 is 0 Å². The quantitative estimate of drug-likeness (QED) is 0.699. The largest absolute Gasteiger partial charge is 0.375 e. The van der Waals surface area contributed by atoms with Crippen LogP contribution in [-0.4, -0.2) is 30.2 Å². The van der Waals surface area contributed by atoms with Crippen molar-refractivity contribution >= 4 is 15.9 Å². The van der Waals surface area contributed by atoms with Gasteiger partial charge in [0.1, 0.15) is 0 Å². The highest BCUT2D eigenvalue weighted by Gasteiger charge is 2.41. The second kappa shape index (κ2) is 5.32. The molecular formula is C10H19BrO2. The van der Waals surface area contributed by atoms with Crippen LogP contribution in [0.25, 0.3) is 0 Å². The SMILES string of the molecule is CCOC1C(Br)CC1OCC(C)C. The van der Waals surface area contributed by atoms with Gasteiger partial charge in [-0.2, -0.15) is 0 Å². The molecule has 1 fully saturated rings. The number of rotatable bonds is 5. The highest BCUT2D eigenvalue weighted by Crippen LogP contribution is 2.33. The molecule has 0 spiro atoms. The molecule has 0 aromatic heterocycles. The predicted octanol–water partition coefficient (Wildman–Crippen LogP) is 2.60. The maximum Gasteiger partial charge on any atom is 0.0962 e. The highest BCUT2D eigenvalue weighted by molar-refractivity contribution is 9.09. The van der Waals surface area contributed by atoms with Crippen molar-refractivity contribution in [2.24, 2.45) is 5.92 Å². The summed E-state index contributed by atoms with van der Waals surface area (Å²) >= 11 is 3.57. The minimum absolute atomic E-state index is 0.267. The van der Waals surface area contributed by atoms with Gasteiger partial charge in [0.05, 0.1) is 12.2 Å². The summed E-state index contributed by atoms with van der Waals surface area (Å²) in [6.45, 7) is 7.97. The van der Waals surface area contributed by atoms with Gasteiger partial charge in [-0.3, -0.25) is 0 Å². The summed E-state index contributed by atoms with van der Waals surface area (Å²) in [4.78, 5) is 0.490. The maximum atomic E-state index is 5.72. The van der Waals surface area contributed by atoms with Crippen LogP contribution in [0.4, 0.5) is 0 Å². The molecule has 3 unspecified atom stereocenters. The first kappa shape index (κ1) is 11.5. The molecule has 1 rings (SSSR count). The first-order valence-corrected chi connectivity index (χ1v) is 5.94. The van der Waals surface area contributed by atoms with Gasteiger partial charge in [-0.15, -0.1) is 0 Å². The van der Waals surface area contributed by atoms with Gasteiger partial charge in [0, 0.05) is 18.0 Å². The van der Waals surface area contributed by atoms with E-state index in [4.69, 9.17) is 9.47 Å². The molecule has 0 N–H and O–H groups in total. The highest BCUT2D eigenvalue weighted by atomic mass is 79.9. The van der Waals surface area contributed by atoms with Crippen molar-refractivity contribution in [2.75, 3.05) is 13.2 Å². The van der Waals surface area contributed by atoms with Crippen LogP contribution < -0.4 is 0 Å². The number of ether oxygens (including phenoxy) is 2. The number of alkyl halides is 1. The summed E-state index contributed by atoms with van der Waals surface area (Å²) in [6, 6.07) is 0. The molecule has 1 saturated carbocycles. The maximum absolute atomic E-state index is 5.72. The Morgan fingerprint density at radius 3 is 2.54 bits per heavy atom. The lowest BCUT2D eigenvalue weighted by molar-refractivity contribution is -0.123. The molecule has 0 amide bonds. The van der Waals surface area contributed by atoms with Crippen molar-refractivity contribution < 1.29 is 9.47 Å². The van der Waals surface area contributed by atoms with E-state index in [0.717, 1.165) is 19.6 Å². The van der Waals surface area contributed by atoms with Crippen molar-refractivity contribution in [1.29, 1.82) is 0 Å². The summed E-state index contributed by atoms with van der Waals surface area (Å²) in [6.07, 6.45) is 1.66. The summed E-state index contributed by atoms with van der Waals surface area (Å²) in [5.41, 5.74) is 0. The Hall–Kier alpha value is 0.400. The van der Waals surface area contributed by atoms with E-state index in [-0.39, 0.29) is 6.10 Å². The van der Waals surface area contributed by atoms with Crippen LogP contribution in [0.3, 0.4) is 0 Å². The van der Waals surface area contributed by atoms with E-state index in [1.807, 2.05) is 6.92 Å². The van der Waals surface area contributed by atoms with Crippen LogP contribution in [0.1, 0.15) is 27.2 Å². The van der Waals surface area contributed by atoms with Crippen LogP contribution in [0, 0.1) is 5.92 Å². The van der Waals surface area contributed by atoms with Crippen LogP contribution in [0.2, 0.25) is 0 Å². The average Bonchev–Trinajstić information content (AvgIpc) is 2.07. The van der Waals surface area contributed by atoms with E-state index >= 15 is 0 Å². The van der Waals surface area contributed by atoms with Gasteiger partial charge in [0.2, 0.25) is 0 Å². The normalized spacial score (nSPS) is 33.5. The molecule has 1 aliphatic rings. The summed E-state index contributed by atoms with van der Waals surface area (Å²) in [5, 5.41) is 0. The Morgan fingerprint density at radius 1 is 1.38 bits per heavy atom. The molecule has 1 aliphatic carbocycles. The van der Waals surface area contributed by atoms with Crippen molar-refractivity contribution in [3.05, 3.63) is 0 Å². The summed E-state index contributed by atoms with van der Waals surface area (Å²) < 4.78 is 11.3. The van der Waals surface area contributed by atoms with Crippen LogP contribution in [0.15, 0.2) is 0 Å². The molecule has 3 heteroatoms. The lowest BCUT2D eigenvalue weighted by Gasteiger charge is -2.41. The van der Waals surface area contributed by atoms with Crippen LogP contribution >= 0.6 is 15.9 Å². The van der Waals surface area contributed by atoms with E-state index in [0.29, 0.717) is 16.8 Å². The standard InChI is InChI=1S/C10H19BrO2/c1-4-12-10-8(11)5-9(10)13-6-7(2)3/h7-10H,4-6H2,1-3H3. The Kier molecular flexibility index (Phi) is 4.70. The molecule has 0 radical (unpaired) electrons. The van der Waals surface area contributed by atoms with Crippen molar-refractivity contribution in [2.45, 2.75) is 44.2 Å². The van der Waals surface area contributed by atoms with Crippen molar-refractivity contribution in [1.82, 2.24) is 0 Å². The van der Waals surface area contributed by atoms with E-state index in [9.17, 15) is 0 Å². The molecule has 78 valence electrons. The molecule has 0 aromatic rings. The second-order valence-electron chi connectivity index (χ2n) is 3.94. The molecule has 0 bridgehead atoms. The molecule has 0 heterocycles. The molecule has 2 nitrogen and oxygen atoms in total. The second-order valence-corrected chi connectivity index (χ2v) is 5.11. The zero-order valence-electron chi connectivity index (χ0n) is 8.63. The fraction of sp³-hybridized carbons (Fsp3) is 1.00. The zero-order valence-corrected chi connectivity index (χ0v) is 10.2. The van der Waals surface area contributed by atoms with Gasteiger partial charge in [0.15, 0.2) is 0 Å². The van der Waals surface area contributed by atoms with Gasteiger partial charge in [-0.25, -0.2) is 0 Å². The first-order chi connectivity index (χ1) is 6.15. The van der Waals surface area contributed by atoms with Crippen LogP contribution in [-0.2, 0) is 9.47 Å². The Bertz CT molecular complexity index is 150. The average molecular weight is 251 g/mol.